The van der Waals surface area contributed by atoms with E-state index >= 15 is 0 Å². The Bertz CT molecular complexity index is 862. The van der Waals surface area contributed by atoms with Crippen LogP contribution in [0.1, 0.15) is 16.7 Å². The average Bonchev–Trinajstić information content (AvgIpc) is 2.97. The van der Waals surface area contributed by atoms with Crippen LogP contribution in [0.5, 0.6) is 0 Å². The summed E-state index contributed by atoms with van der Waals surface area (Å²) >= 11 is 1.54. The molecule has 0 spiro atoms. The number of hydrogen-bond acceptors (Lipinski definition) is 5. The largest absolute Gasteiger partial charge is 0.461 e. The molecule has 3 rings (SSSR count). The van der Waals surface area contributed by atoms with Crippen molar-refractivity contribution < 1.29 is 13.9 Å². The molecule has 3 aromatic rings. The molecule has 0 saturated carbocycles. The smallest absolute Gasteiger partial charge is 0.336 e. The van der Waals surface area contributed by atoms with Gasteiger partial charge in [-0.15, -0.1) is 0 Å². The van der Waals surface area contributed by atoms with Gasteiger partial charge in [0.25, 0.3) is 0 Å². The summed E-state index contributed by atoms with van der Waals surface area (Å²) in [5, 5.41) is 4.62. The Morgan fingerprint density at radius 1 is 1.27 bits per heavy atom. The molecule has 2 aromatic heterocycles. The van der Waals surface area contributed by atoms with Crippen molar-refractivity contribution in [2.24, 2.45) is 0 Å². The van der Waals surface area contributed by atoms with Crippen molar-refractivity contribution in [2.75, 3.05) is 0 Å². The highest BCUT2D eigenvalue weighted by Crippen LogP contribution is 2.19. The number of ether oxygens (including phenoxy) is 1. The highest BCUT2D eigenvalue weighted by atomic mass is 32.1. The Morgan fingerprint density at radius 3 is 2.91 bits per heavy atom. The van der Waals surface area contributed by atoms with Crippen molar-refractivity contribution in [3.8, 4) is 0 Å². The van der Waals surface area contributed by atoms with Gasteiger partial charge in [0, 0.05) is 17.0 Å². The third kappa shape index (κ3) is 3.26. The Balaban J connectivity index is 1.79. The summed E-state index contributed by atoms with van der Waals surface area (Å²) in [6.07, 6.45) is 0.238. The minimum atomic E-state index is -0.443. The fourth-order valence-corrected chi connectivity index (χ4v) is 2.89. The first-order chi connectivity index (χ1) is 10.6. The molecule has 0 bridgehead atoms. The molecule has 0 aliphatic rings. The molecule has 4 nitrogen and oxygen atoms in total. The van der Waals surface area contributed by atoms with Gasteiger partial charge >= 0.3 is 11.6 Å². The lowest BCUT2D eigenvalue weighted by Gasteiger charge is -2.07. The molecule has 0 atom stereocenters. The number of fused-ring (bicyclic) bond motifs is 1. The number of esters is 1. The van der Waals surface area contributed by atoms with Crippen molar-refractivity contribution in [3.63, 3.8) is 0 Å². The van der Waals surface area contributed by atoms with Crippen LogP contribution in [0, 0.1) is 6.92 Å². The predicted molar refractivity (Wildman–Crippen MR) is 85.0 cm³/mol. The van der Waals surface area contributed by atoms with E-state index in [1.54, 1.807) is 6.07 Å². The third-order valence-electron chi connectivity index (χ3n) is 3.30. The zero-order valence-corrected chi connectivity index (χ0v) is 12.8. The van der Waals surface area contributed by atoms with Crippen LogP contribution in [0.25, 0.3) is 11.0 Å². The zero-order chi connectivity index (χ0) is 15.5. The molecule has 0 amide bonds. The molecule has 0 aliphatic carbocycles. The van der Waals surface area contributed by atoms with Gasteiger partial charge in [0.15, 0.2) is 0 Å². The van der Waals surface area contributed by atoms with Crippen LogP contribution in [-0.2, 0) is 22.6 Å². The highest BCUT2D eigenvalue weighted by molar-refractivity contribution is 7.07. The minimum absolute atomic E-state index is 0.0636. The number of carbonyl (C=O) groups is 1. The van der Waals surface area contributed by atoms with Gasteiger partial charge in [0.2, 0.25) is 0 Å². The maximum Gasteiger partial charge on any atom is 0.336 e. The fourth-order valence-electron chi connectivity index (χ4n) is 2.23. The lowest BCUT2D eigenvalue weighted by Crippen LogP contribution is -2.09. The van der Waals surface area contributed by atoms with Gasteiger partial charge in [-0.25, -0.2) is 4.79 Å². The van der Waals surface area contributed by atoms with Gasteiger partial charge in [-0.1, -0.05) is 12.1 Å². The fraction of sp³-hybridized carbons (Fsp3) is 0.176. The minimum Gasteiger partial charge on any atom is -0.461 e. The normalized spacial score (nSPS) is 10.8. The molecule has 0 unspecified atom stereocenters. The monoisotopic (exact) mass is 314 g/mol. The van der Waals surface area contributed by atoms with E-state index in [0.717, 1.165) is 16.5 Å². The summed E-state index contributed by atoms with van der Waals surface area (Å²) in [5.74, 6) is -0.313. The molecular weight excluding hydrogens is 300 g/mol. The number of carbonyl (C=O) groups excluding carboxylic acids is 1. The molecule has 0 saturated heterocycles. The van der Waals surface area contributed by atoms with Gasteiger partial charge < -0.3 is 9.15 Å². The lowest BCUT2D eigenvalue weighted by atomic mass is 10.1. The van der Waals surface area contributed by atoms with Crippen molar-refractivity contribution in [1.29, 1.82) is 0 Å². The summed E-state index contributed by atoms with van der Waals surface area (Å²) in [6.45, 7) is 1.99. The van der Waals surface area contributed by atoms with Gasteiger partial charge in [-0.3, -0.25) is 4.79 Å². The van der Waals surface area contributed by atoms with Crippen molar-refractivity contribution in [1.82, 2.24) is 0 Å². The maximum atomic E-state index is 11.8. The van der Waals surface area contributed by atoms with Gasteiger partial charge in [-0.2, -0.15) is 11.3 Å². The van der Waals surface area contributed by atoms with E-state index in [0.29, 0.717) is 11.1 Å². The SMILES string of the molecule is Cc1ccc2c(COC(=O)Cc3ccsc3)cc(=O)oc2c1. The molecule has 5 heteroatoms. The van der Waals surface area contributed by atoms with E-state index in [1.807, 2.05) is 35.9 Å². The molecule has 0 aliphatic heterocycles. The summed E-state index contributed by atoms with van der Waals surface area (Å²) in [7, 11) is 0. The summed E-state index contributed by atoms with van der Waals surface area (Å²) < 4.78 is 10.5. The van der Waals surface area contributed by atoms with Crippen LogP contribution in [0.3, 0.4) is 0 Å². The lowest BCUT2D eigenvalue weighted by molar-refractivity contribution is -0.144. The topological polar surface area (TPSA) is 56.5 Å². The van der Waals surface area contributed by atoms with E-state index in [4.69, 9.17) is 9.15 Å². The number of rotatable bonds is 4. The maximum absolute atomic E-state index is 11.8. The molecule has 112 valence electrons. The van der Waals surface area contributed by atoms with Crippen LogP contribution >= 0.6 is 11.3 Å². The van der Waals surface area contributed by atoms with Crippen molar-refractivity contribution in [3.05, 3.63) is 68.2 Å². The Hall–Kier alpha value is -2.40. The first kappa shape index (κ1) is 14.5. The third-order valence-corrected chi connectivity index (χ3v) is 4.03. The zero-order valence-electron chi connectivity index (χ0n) is 12.0. The number of aryl methyl sites for hydroxylation is 1. The molecule has 0 N–H and O–H groups in total. The Morgan fingerprint density at radius 2 is 2.14 bits per heavy atom. The second-order valence-electron chi connectivity index (χ2n) is 5.06. The second kappa shape index (κ2) is 6.15. The van der Waals surface area contributed by atoms with Gasteiger partial charge in [0.1, 0.15) is 12.2 Å². The van der Waals surface area contributed by atoms with Crippen molar-refractivity contribution in [2.45, 2.75) is 20.0 Å². The molecule has 2 heterocycles. The quantitative estimate of drug-likeness (QED) is 0.547. The molecule has 22 heavy (non-hydrogen) atoms. The van der Waals surface area contributed by atoms with Crippen LogP contribution in [-0.4, -0.2) is 5.97 Å². The number of thiophene rings is 1. The van der Waals surface area contributed by atoms with Gasteiger partial charge in [0.05, 0.1) is 6.42 Å². The van der Waals surface area contributed by atoms with E-state index in [9.17, 15) is 9.59 Å². The van der Waals surface area contributed by atoms with E-state index in [1.165, 1.54) is 17.4 Å². The van der Waals surface area contributed by atoms with E-state index in [2.05, 4.69) is 0 Å². The standard InChI is InChI=1S/C17H14O4S/c1-11-2-3-14-13(8-17(19)21-15(14)6-11)9-20-16(18)7-12-4-5-22-10-12/h2-6,8,10H,7,9H2,1H3. The van der Waals surface area contributed by atoms with E-state index < -0.39 is 5.63 Å². The van der Waals surface area contributed by atoms with Crippen molar-refractivity contribution >= 4 is 28.3 Å². The number of benzene rings is 1. The highest BCUT2D eigenvalue weighted by Gasteiger charge is 2.10. The van der Waals surface area contributed by atoms with Crippen LogP contribution in [0.15, 0.2) is 50.3 Å². The van der Waals surface area contributed by atoms with Crippen LogP contribution < -0.4 is 5.63 Å². The predicted octanol–water partition coefficient (Wildman–Crippen LogP) is 3.45. The Kier molecular flexibility index (Phi) is 4.06. The van der Waals surface area contributed by atoms with E-state index in [-0.39, 0.29) is 19.0 Å². The summed E-state index contributed by atoms with van der Waals surface area (Å²) in [6, 6.07) is 8.86. The van der Waals surface area contributed by atoms with Gasteiger partial charge in [-0.05, 0) is 40.9 Å². The van der Waals surface area contributed by atoms with Crippen LogP contribution in [0.4, 0.5) is 0 Å². The number of hydrogen-bond donors (Lipinski definition) is 0. The molecular formula is C17H14O4S. The summed E-state index contributed by atoms with van der Waals surface area (Å²) in [5.41, 5.74) is 2.66. The second-order valence-corrected chi connectivity index (χ2v) is 5.84. The Labute approximate surface area is 131 Å². The first-order valence-electron chi connectivity index (χ1n) is 6.82. The molecule has 0 fully saturated rings. The molecule has 1 aromatic carbocycles. The molecule has 0 radical (unpaired) electrons. The average molecular weight is 314 g/mol. The summed E-state index contributed by atoms with van der Waals surface area (Å²) in [4.78, 5) is 23.5. The van der Waals surface area contributed by atoms with Crippen LogP contribution in [0.2, 0.25) is 0 Å². The first-order valence-corrected chi connectivity index (χ1v) is 7.76.